The Labute approximate surface area is 157 Å². The predicted molar refractivity (Wildman–Crippen MR) is 99.2 cm³/mol. The number of nitrogens with one attached hydrogen (secondary N) is 1. The molecule has 136 valence electrons. The van der Waals surface area contributed by atoms with Crippen molar-refractivity contribution in [1.82, 2.24) is 4.98 Å². The molecule has 0 aliphatic rings. The zero-order chi connectivity index (χ0) is 19.0. The molecule has 2 aromatic carbocycles. The van der Waals surface area contributed by atoms with Crippen molar-refractivity contribution in [1.29, 1.82) is 0 Å². The summed E-state index contributed by atoms with van der Waals surface area (Å²) in [6, 6.07) is 8.46. The molecule has 3 nitrogen and oxygen atoms in total. The first kappa shape index (κ1) is 18.5. The Kier molecular flexibility index (Phi) is 5.09. The molecule has 3 aromatic rings. The summed E-state index contributed by atoms with van der Waals surface area (Å²) < 4.78 is 40.8. The molecule has 0 saturated heterocycles. The van der Waals surface area contributed by atoms with Crippen molar-refractivity contribution in [3.05, 3.63) is 63.5 Å². The highest BCUT2D eigenvalue weighted by atomic mass is 79.9. The number of aryl methyl sites for hydroxylation is 1. The van der Waals surface area contributed by atoms with Gasteiger partial charge in [-0.2, -0.15) is 0 Å². The molecule has 1 atom stereocenters. The van der Waals surface area contributed by atoms with E-state index in [4.69, 9.17) is 0 Å². The lowest BCUT2D eigenvalue weighted by Gasteiger charge is -2.19. The minimum absolute atomic E-state index is 0.0604. The quantitative estimate of drug-likeness (QED) is 0.519. The van der Waals surface area contributed by atoms with Crippen LogP contribution in [0.5, 0.6) is 5.75 Å². The molecular formula is C19H16BrF3N2O. The van der Waals surface area contributed by atoms with E-state index < -0.39 is 23.8 Å². The van der Waals surface area contributed by atoms with Gasteiger partial charge in [-0.3, -0.25) is 4.98 Å². The van der Waals surface area contributed by atoms with Gasteiger partial charge in [-0.1, -0.05) is 18.2 Å². The Balaban J connectivity index is 2.04. The number of phenols is 1. The van der Waals surface area contributed by atoms with Gasteiger partial charge in [0, 0.05) is 28.4 Å². The van der Waals surface area contributed by atoms with Crippen molar-refractivity contribution in [3.8, 4) is 5.75 Å². The third-order valence-corrected chi connectivity index (χ3v) is 4.77. The number of pyridine rings is 1. The van der Waals surface area contributed by atoms with E-state index in [1.54, 1.807) is 26.0 Å². The number of benzene rings is 2. The molecule has 1 aromatic heterocycles. The summed E-state index contributed by atoms with van der Waals surface area (Å²) >= 11 is 3.27. The first-order valence-corrected chi connectivity index (χ1v) is 8.70. The molecule has 0 fully saturated rings. The Bertz CT molecular complexity index is 979. The van der Waals surface area contributed by atoms with Crippen LogP contribution in [0.3, 0.4) is 0 Å². The van der Waals surface area contributed by atoms with E-state index in [1.165, 1.54) is 18.2 Å². The number of nitrogens with zero attached hydrogens (tertiary/aromatic N) is 1. The largest absolute Gasteiger partial charge is 0.507 e. The fraction of sp³-hybridized carbons (Fsp3) is 0.211. The molecule has 0 aliphatic carbocycles. The first-order valence-electron chi connectivity index (χ1n) is 7.90. The number of rotatable bonds is 4. The van der Waals surface area contributed by atoms with Crippen LogP contribution in [0, 0.1) is 12.7 Å². The maximum absolute atomic E-state index is 14.4. The van der Waals surface area contributed by atoms with Gasteiger partial charge in [0.2, 0.25) is 0 Å². The average Bonchev–Trinajstić information content (AvgIpc) is 2.56. The SMILES string of the molecule is Cc1cc(NC(C)c2cccc(C(F)F)c2F)c2cc(Br)c(O)cc2n1. The van der Waals surface area contributed by atoms with E-state index in [0.717, 1.165) is 11.5 Å². The highest BCUT2D eigenvalue weighted by Crippen LogP contribution is 2.35. The summed E-state index contributed by atoms with van der Waals surface area (Å²) in [4.78, 5) is 4.38. The second-order valence-corrected chi connectivity index (χ2v) is 6.90. The standard InChI is InChI=1S/C19H16BrF3N2O/c1-9-6-15(13-7-14(20)17(26)8-16(13)24-9)25-10(2)11-4-3-5-12(18(11)21)19(22)23/h3-8,10,19,26H,1-2H3,(H,24,25). The Morgan fingerprint density at radius 2 is 1.85 bits per heavy atom. The Morgan fingerprint density at radius 3 is 2.54 bits per heavy atom. The van der Waals surface area contributed by atoms with Gasteiger partial charge in [0.1, 0.15) is 11.6 Å². The summed E-state index contributed by atoms with van der Waals surface area (Å²) in [6.45, 7) is 3.50. The van der Waals surface area contributed by atoms with Crippen molar-refractivity contribution in [3.63, 3.8) is 0 Å². The highest BCUT2D eigenvalue weighted by molar-refractivity contribution is 9.10. The van der Waals surface area contributed by atoms with E-state index in [1.807, 2.05) is 0 Å². The van der Waals surface area contributed by atoms with Gasteiger partial charge in [-0.15, -0.1) is 0 Å². The van der Waals surface area contributed by atoms with E-state index >= 15 is 0 Å². The number of anilines is 1. The monoisotopic (exact) mass is 424 g/mol. The summed E-state index contributed by atoms with van der Waals surface area (Å²) in [6.07, 6.45) is -2.87. The van der Waals surface area contributed by atoms with Crippen molar-refractivity contribution >= 4 is 32.5 Å². The average molecular weight is 425 g/mol. The number of alkyl halides is 2. The summed E-state index contributed by atoms with van der Waals surface area (Å²) in [5, 5.41) is 13.7. The second-order valence-electron chi connectivity index (χ2n) is 6.05. The molecule has 0 amide bonds. The molecule has 2 N–H and O–H groups in total. The van der Waals surface area contributed by atoms with Gasteiger partial charge in [0.25, 0.3) is 6.43 Å². The van der Waals surface area contributed by atoms with Crippen LogP contribution in [-0.2, 0) is 0 Å². The summed E-state index contributed by atoms with van der Waals surface area (Å²) in [5.74, 6) is -0.846. The zero-order valence-electron chi connectivity index (χ0n) is 14.0. The topological polar surface area (TPSA) is 45.1 Å². The summed E-state index contributed by atoms with van der Waals surface area (Å²) in [5.41, 5.74) is 1.49. The van der Waals surface area contributed by atoms with Crippen molar-refractivity contribution in [2.75, 3.05) is 5.32 Å². The van der Waals surface area contributed by atoms with Crippen molar-refractivity contribution < 1.29 is 18.3 Å². The van der Waals surface area contributed by atoms with Crippen LogP contribution < -0.4 is 5.32 Å². The molecule has 7 heteroatoms. The molecule has 0 spiro atoms. The molecular weight excluding hydrogens is 409 g/mol. The van der Waals surface area contributed by atoms with Gasteiger partial charge in [-0.25, -0.2) is 13.2 Å². The van der Waals surface area contributed by atoms with Crippen molar-refractivity contribution in [2.24, 2.45) is 0 Å². The number of hydrogen-bond donors (Lipinski definition) is 2. The maximum Gasteiger partial charge on any atom is 0.266 e. The molecule has 0 bridgehead atoms. The molecule has 26 heavy (non-hydrogen) atoms. The second kappa shape index (κ2) is 7.15. The van der Waals surface area contributed by atoms with Crippen LogP contribution >= 0.6 is 15.9 Å². The number of hydrogen-bond acceptors (Lipinski definition) is 3. The van der Waals surface area contributed by atoms with Crippen LogP contribution in [0.15, 0.2) is 40.9 Å². The van der Waals surface area contributed by atoms with E-state index in [2.05, 4.69) is 26.2 Å². The molecule has 3 rings (SSSR count). The van der Waals surface area contributed by atoms with Crippen LogP contribution in [-0.4, -0.2) is 10.1 Å². The fourth-order valence-electron chi connectivity index (χ4n) is 2.87. The number of aromatic nitrogens is 1. The molecule has 1 unspecified atom stereocenters. The fourth-order valence-corrected chi connectivity index (χ4v) is 3.21. The zero-order valence-corrected chi connectivity index (χ0v) is 15.6. The van der Waals surface area contributed by atoms with Gasteiger partial charge >= 0.3 is 0 Å². The Hall–Kier alpha value is -2.28. The lowest BCUT2D eigenvalue weighted by atomic mass is 10.0. The summed E-state index contributed by atoms with van der Waals surface area (Å²) in [7, 11) is 0. The maximum atomic E-state index is 14.4. The number of aromatic hydroxyl groups is 1. The van der Waals surface area contributed by atoms with E-state index in [0.29, 0.717) is 21.4 Å². The van der Waals surface area contributed by atoms with E-state index in [9.17, 15) is 18.3 Å². The lowest BCUT2D eigenvalue weighted by molar-refractivity contribution is 0.146. The lowest BCUT2D eigenvalue weighted by Crippen LogP contribution is -2.11. The third-order valence-electron chi connectivity index (χ3n) is 4.14. The smallest absolute Gasteiger partial charge is 0.266 e. The number of phenolic OH excluding ortho intramolecular Hbond substituents is 1. The molecule has 0 radical (unpaired) electrons. The normalized spacial score (nSPS) is 12.6. The molecule has 0 saturated carbocycles. The molecule has 0 aliphatic heterocycles. The third kappa shape index (κ3) is 3.49. The first-order chi connectivity index (χ1) is 12.3. The van der Waals surface area contributed by atoms with Crippen LogP contribution in [0.2, 0.25) is 0 Å². The van der Waals surface area contributed by atoms with Crippen molar-refractivity contribution in [2.45, 2.75) is 26.3 Å². The van der Waals surface area contributed by atoms with Gasteiger partial charge in [0.15, 0.2) is 0 Å². The van der Waals surface area contributed by atoms with E-state index in [-0.39, 0.29) is 11.3 Å². The van der Waals surface area contributed by atoms with Gasteiger partial charge in [-0.05, 0) is 41.9 Å². The van der Waals surface area contributed by atoms with Gasteiger partial charge < -0.3 is 10.4 Å². The molecule has 1 heterocycles. The number of fused-ring (bicyclic) bond motifs is 1. The minimum atomic E-state index is -2.87. The minimum Gasteiger partial charge on any atom is -0.507 e. The van der Waals surface area contributed by atoms with Crippen LogP contribution in [0.1, 0.15) is 36.2 Å². The number of halogens is 4. The van der Waals surface area contributed by atoms with Gasteiger partial charge in [0.05, 0.1) is 21.6 Å². The predicted octanol–water partition coefficient (Wildman–Crippen LogP) is 6.26. The Morgan fingerprint density at radius 1 is 1.15 bits per heavy atom. The van der Waals surface area contributed by atoms with Crippen LogP contribution in [0.25, 0.3) is 10.9 Å². The highest BCUT2D eigenvalue weighted by Gasteiger charge is 2.20. The van der Waals surface area contributed by atoms with Crippen LogP contribution in [0.4, 0.5) is 18.9 Å².